The molecular formula is C21H23NO3. The van der Waals surface area contributed by atoms with Crippen LogP contribution in [0, 0.1) is 6.92 Å². The minimum Gasteiger partial charge on any atom is -0.449 e. The van der Waals surface area contributed by atoms with E-state index in [1.165, 1.54) is 6.08 Å². The summed E-state index contributed by atoms with van der Waals surface area (Å²) in [4.78, 5) is 25.8. The van der Waals surface area contributed by atoms with Crippen LogP contribution in [0.5, 0.6) is 0 Å². The molecule has 0 spiro atoms. The number of carbonyl (C=O) groups excluding carboxylic acids is 2. The molecule has 1 atom stereocenters. The Kier molecular flexibility index (Phi) is 6.52. The van der Waals surface area contributed by atoms with Crippen LogP contribution in [-0.2, 0) is 20.9 Å². The Bertz CT molecular complexity index is 753. The van der Waals surface area contributed by atoms with E-state index in [-0.39, 0.29) is 5.91 Å². The number of nitrogens with zero attached hydrogens (tertiary/aromatic N) is 1. The van der Waals surface area contributed by atoms with E-state index >= 15 is 0 Å². The van der Waals surface area contributed by atoms with Gasteiger partial charge in [0, 0.05) is 19.7 Å². The van der Waals surface area contributed by atoms with Gasteiger partial charge in [-0.25, -0.2) is 4.79 Å². The summed E-state index contributed by atoms with van der Waals surface area (Å²) >= 11 is 0. The predicted octanol–water partition coefficient (Wildman–Crippen LogP) is 3.60. The summed E-state index contributed by atoms with van der Waals surface area (Å²) in [7, 11) is 1.70. The normalized spacial score (nSPS) is 12.0. The number of aryl methyl sites for hydroxylation is 1. The lowest BCUT2D eigenvalue weighted by atomic mass is 10.1. The number of likely N-dealkylation sites (N-methyl/N-ethyl adjacent to an activating group) is 1. The molecule has 2 rings (SSSR count). The van der Waals surface area contributed by atoms with E-state index in [1.807, 2.05) is 61.5 Å². The summed E-state index contributed by atoms with van der Waals surface area (Å²) in [6.07, 6.45) is 2.19. The van der Waals surface area contributed by atoms with Crippen molar-refractivity contribution in [3.8, 4) is 0 Å². The molecule has 0 aliphatic heterocycles. The van der Waals surface area contributed by atoms with E-state index in [0.29, 0.717) is 6.54 Å². The second-order valence-corrected chi connectivity index (χ2v) is 6.01. The van der Waals surface area contributed by atoms with Crippen LogP contribution in [0.25, 0.3) is 6.08 Å². The lowest BCUT2D eigenvalue weighted by molar-refractivity contribution is -0.154. The third-order valence-electron chi connectivity index (χ3n) is 3.73. The van der Waals surface area contributed by atoms with Crippen LogP contribution in [0.15, 0.2) is 60.7 Å². The lowest BCUT2D eigenvalue weighted by Crippen LogP contribution is -2.36. The molecule has 0 fully saturated rings. The van der Waals surface area contributed by atoms with Gasteiger partial charge in [0.2, 0.25) is 0 Å². The molecule has 0 aliphatic rings. The van der Waals surface area contributed by atoms with E-state index in [9.17, 15) is 9.59 Å². The van der Waals surface area contributed by atoms with Crippen LogP contribution < -0.4 is 0 Å². The molecule has 130 valence electrons. The highest BCUT2D eigenvalue weighted by Gasteiger charge is 2.20. The summed E-state index contributed by atoms with van der Waals surface area (Å²) in [6.45, 7) is 4.04. The minimum atomic E-state index is -0.830. The van der Waals surface area contributed by atoms with Gasteiger partial charge >= 0.3 is 5.97 Å². The zero-order valence-electron chi connectivity index (χ0n) is 14.8. The Balaban J connectivity index is 1.88. The van der Waals surface area contributed by atoms with Gasteiger partial charge in [-0.2, -0.15) is 0 Å². The van der Waals surface area contributed by atoms with Crippen LogP contribution in [-0.4, -0.2) is 29.9 Å². The zero-order chi connectivity index (χ0) is 18.2. The largest absolute Gasteiger partial charge is 0.449 e. The maximum Gasteiger partial charge on any atom is 0.331 e. The molecule has 4 nitrogen and oxygen atoms in total. The number of hydrogen-bond acceptors (Lipinski definition) is 3. The third-order valence-corrected chi connectivity index (χ3v) is 3.73. The van der Waals surface area contributed by atoms with Gasteiger partial charge in [-0.3, -0.25) is 4.79 Å². The van der Waals surface area contributed by atoms with Crippen LogP contribution in [0.2, 0.25) is 0 Å². The smallest absolute Gasteiger partial charge is 0.331 e. The van der Waals surface area contributed by atoms with Crippen molar-refractivity contribution in [1.29, 1.82) is 0 Å². The molecule has 0 heterocycles. The van der Waals surface area contributed by atoms with Gasteiger partial charge in [-0.05, 0) is 31.1 Å². The molecule has 0 unspecified atom stereocenters. The van der Waals surface area contributed by atoms with Gasteiger partial charge in [0.05, 0.1) is 0 Å². The van der Waals surface area contributed by atoms with Gasteiger partial charge < -0.3 is 9.64 Å². The number of carbonyl (C=O) groups is 2. The zero-order valence-corrected chi connectivity index (χ0v) is 14.8. The second kappa shape index (κ2) is 8.83. The van der Waals surface area contributed by atoms with Gasteiger partial charge in [-0.15, -0.1) is 0 Å². The van der Waals surface area contributed by atoms with Crippen molar-refractivity contribution in [3.05, 3.63) is 77.4 Å². The highest BCUT2D eigenvalue weighted by Crippen LogP contribution is 2.08. The molecule has 2 aromatic carbocycles. The Morgan fingerprint density at radius 1 is 1.12 bits per heavy atom. The molecule has 25 heavy (non-hydrogen) atoms. The molecule has 0 N–H and O–H groups in total. The number of ether oxygens (including phenoxy) is 1. The first-order valence-corrected chi connectivity index (χ1v) is 8.20. The molecule has 0 aromatic heterocycles. The standard InChI is InChI=1S/C21H23NO3/c1-16-8-7-11-18(14-16)12-13-20(23)25-17(2)21(24)22(3)15-19-9-5-4-6-10-19/h4-14,17H,15H2,1-3H3/b13-12+/t17-/m0/s1. The first-order valence-electron chi connectivity index (χ1n) is 8.20. The van der Waals surface area contributed by atoms with Crippen molar-refractivity contribution in [2.45, 2.75) is 26.5 Å². The molecule has 1 amide bonds. The molecular weight excluding hydrogens is 314 g/mol. The van der Waals surface area contributed by atoms with Crippen LogP contribution in [0.3, 0.4) is 0 Å². The van der Waals surface area contributed by atoms with E-state index in [1.54, 1.807) is 24.9 Å². The Hall–Kier alpha value is -2.88. The van der Waals surface area contributed by atoms with Crippen LogP contribution in [0.4, 0.5) is 0 Å². The summed E-state index contributed by atoms with van der Waals surface area (Å²) in [5.74, 6) is -0.767. The molecule has 0 saturated carbocycles. The number of amides is 1. The quantitative estimate of drug-likeness (QED) is 0.598. The molecule has 0 aliphatic carbocycles. The maximum absolute atomic E-state index is 12.3. The van der Waals surface area contributed by atoms with Crippen molar-refractivity contribution < 1.29 is 14.3 Å². The van der Waals surface area contributed by atoms with Crippen molar-refractivity contribution in [3.63, 3.8) is 0 Å². The van der Waals surface area contributed by atoms with E-state index in [2.05, 4.69) is 0 Å². The van der Waals surface area contributed by atoms with Crippen molar-refractivity contribution in [1.82, 2.24) is 4.90 Å². The summed E-state index contributed by atoms with van der Waals surface area (Å²) in [5, 5.41) is 0. The summed E-state index contributed by atoms with van der Waals surface area (Å²) in [6, 6.07) is 17.4. The summed E-state index contributed by atoms with van der Waals surface area (Å²) < 4.78 is 5.21. The highest BCUT2D eigenvalue weighted by atomic mass is 16.5. The number of esters is 1. The van der Waals surface area contributed by atoms with E-state index < -0.39 is 12.1 Å². The number of rotatable bonds is 6. The average molecular weight is 337 g/mol. The van der Waals surface area contributed by atoms with Crippen molar-refractivity contribution in [2.75, 3.05) is 7.05 Å². The first kappa shape index (κ1) is 18.5. The average Bonchev–Trinajstić information content (AvgIpc) is 2.60. The molecule has 0 bridgehead atoms. The Morgan fingerprint density at radius 2 is 1.84 bits per heavy atom. The van der Waals surface area contributed by atoms with Gasteiger partial charge in [-0.1, -0.05) is 60.2 Å². The SMILES string of the molecule is Cc1cccc(/C=C/C(=O)O[C@@H](C)C(=O)N(C)Cc2ccccc2)c1. The first-order chi connectivity index (χ1) is 12.0. The fraction of sp³-hybridized carbons (Fsp3) is 0.238. The van der Waals surface area contributed by atoms with E-state index in [0.717, 1.165) is 16.7 Å². The van der Waals surface area contributed by atoms with Crippen molar-refractivity contribution >= 4 is 18.0 Å². The molecule has 4 heteroatoms. The summed E-state index contributed by atoms with van der Waals surface area (Å²) in [5.41, 5.74) is 3.05. The number of hydrogen-bond donors (Lipinski definition) is 0. The maximum atomic E-state index is 12.3. The fourth-order valence-corrected chi connectivity index (χ4v) is 2.45. The molecule has 0 radical (unpaired) electrons. The monoisotopic (exact) mass is 337 g/mol. The van der Waals surface area contributed by atoms with Gasteiger partial charge in [0.15, 0.2) is 6.10 Å². The Morgan fingerprint density at radius 3 is 2.52 bits per heavy atom. The molecule has 2 aromatic rings. The van der Waals surface area contributed by atoms with Crippen molar-refractivity contribution in [2.24, 2.45) is 0 Å². The fourth-order valence-electron chi connectivity index (χ4n) is 2.45. The molecule has 0 saturated heterocycles. The predicted molar refractivity (Wildman–Crippen MR) is 98.7 cm³/mol. The third kappa shape index (κ3) is 5.92. The number of benzene rings is 2. The topological polar surface area (TPSA) is 46.6 Å². The Labute approximate surface area is 148 Å². The highest BCUT2D eigenvalue weighted by molar-refractivity contribution is 5.90. The second-order valence-electron chi connectivity index (χ2n) is 6.01. The van der Waals surface area contributed by atoms with Crippen LogP contribution >= 0.6 is 0 Å². The van der Waals surface area contributed by atoms with Gasteiger partial charge in [0.1, 0.15) is 0 Å². The van der Waals surface area contributed by atoms with E-state index in [4.69, 9.17) is 4.74 Å². The van der Waals surface area contributed by atoms with Gasteiger partial charge in [0.25, 0.3) is 5.91 Å². The minimum absolute atomic E-state index is 0.235. The lowest BCUT2D eigenvalue weighted by Gasteiger charge is -2.21. The van der Waals surface area contributed by atoms with Crippen LogP contribution in [0.1, 0.15) is 23.6 Å².